The third kappa shape index (κ3) is 3.75. The number of methoxy groups -OCH3 is 1. The lowest BCUT2D eigenvalue weighted by Crippen LogP contribution is -3.10. The Morgan fingerprint density at radius 1 is 1.37 bits per heavy atom. The Kier molecular flexibility index (Phi) is 5.91. The van der Waals surface area contributed by atoms with Crippen molar-refractivity contribution in [1.29, 1.82) is 0 Å². The number of rotatable bonds is 8. The van der Waals surface area contributed by atoms with Crippen LogP contribution in [0.15, 0.2) is 6.07 Å². The zero-order valence-corrected chi connectivity index (χ0v) is 18.2. The molecule has 164 valence electrons. The molecule has 7 nitrogen and oxygen atoms in total. The van der Waals surface area contributed by atoms with E-state index in [4.69, 9.17) is 14.2 Å². The smallest absolute Gasteiger partial charge is 0.231 e. The van der Waals surface area contributed by atoms with Crippen LogP contribution in [0.1, 0.15) is 62.6 Å². The summed E-state index contributed by atoms with van der Waals surface area (Å²) in [6, 6.07) is 2.05. The number of carbonyl (C=O) groups is 2. The minimum absolute atomic E-state index is 0.00294. The van der Waals surface area contributed by atoms with E-state index in [-0.39, 0.29) is 18.6 Å². The summed E-state index contributed by atoms with van der Waals surface area (Å²) in [5.74, 6) is 2.62. The summed E-state index contributed by atoms with van der Waals surface area (Å²) in [6.45, 7) is 3.00. The third-order valence-corrected chi connectivity index (χ3v) is 7.23. The molecule has 7 heteroatoms. The summed E-state index contributed by atoms with van der Waals surface area (Å²) in [7, 11) is 3.78. The molecule has 2 N–H and O–H groups in total. The quantitative estimate of drug-likeness (QED) is 0.628. The lowest BCUT2D eigenvalue weighted by atomic mass is 9.79. The molecule has 30 heavy (non-hydrogen) atoms. The van der Waals surface area contributed by atoms with E-state index in [1.54, 1.807) is 7.11 Å². The number of Topliss-reactive ketones (excluding diaryl/α,β-unsaturated/α-hetero) is 1. The van der Waals surface area contributed by atoms with Gasteiger partial charge in [0, 0.05) is 19.3 Å². The Morgan fingerprint density at radius 3 is 2.83 bits per heavy atom. The maximum absolute atomic E-state index is 13.3. The van der Waals surface area contributed by atoms with Crippen LogP contribution in [-0.4, -0.2) is 45.2 Å². The number of fused-ring (bicyclic) bond motifs is 2. The first-order chi connectivity index (χ1) is 14.5. The molecule has 3 atom stereocenters. The van der Waals surface area contributed by atoms with Gasteiger partial charge in [0.05, 0.1) is 26.3 Å². The van der Waals surface area contributed by atoms with Crippen molar-refractivity contribution in [3.05, 3.63) is 17.2 Å². The van der Waals surface area contributed by atoms with Gasteiger partial charge in [-0.2, -0.15) is 0 Å². The summed E-state index contributed by atoms with van der Waals surface area (Å²) >= 11 is 0. The molecular formula is C23H33N2O5+. The molecule has 1 unspecified atom stereocenters. The Balaban J connectivity index is 1.67. The summed E-state index contributed by atoms with van der Waals surface area (Å²) in [5.41, 5.74) is 1.33. The van der Waals surface area contributed by atoms with Crippen LogP contribution in [0.3, 0.4) is 0 Å². The Morgan fingerprint density at radius 2 is 2.13 bits per heavy atom. The first-order valence-electron chi connectivity index (χ1n) is 11.0. The van der Waals surface area contributed by atoms with Crippen molar-refractivity contribution >= 4 is 12.2 Å². The molecule has 0 spiro atoms. The predicted octanol–water partition coefficient (Wildman–Crippen LogP) is 1.58. The summed E-state index contributed by atoms with van der Waals surface area (Å²) in [6.07, 6.45) is 7.24. The fraction of sp³-hybridized carbons (Fsp3) is 0.652. The van der Waals surface area contributed by atoms with Gasteiger partial charge < -0.3 is 24.4 Å². The van der Waals surface area contributed by atoms with Gasteiger partial charge in [0.1, 0.15) is 11.6 Å². The van der Waals surface area contributed by atoms with Gasteiger partial charge in [-0.05, 0) is 24.5 Å². The Bertz CT molecular complexity index is 820. The number of likely N-dealkylation sites (N-methyl/N-ethyl adjacent to an activating group) is 1. The molecule has 1 saturated carbocycles. The largest absolute Gasteiger partial charge is 0.492 e. The lowest BCUT2D eigenvalue weighted by Gasteiger charge is -2.38. The van der Waals surface area contributed by atoms with Crippen LogP contribution in [0, 0.1) is 5.92 Å². The number of hydrogen-bond acceptors (Lipinski definition) is 5. The van der Waals surface area contributed by atoms with Crippen LogP contribution in [0.4, 0.5) is 0 Å². The average molecular weight is 418 g/mol. The standard InChI is InChI=1S/C23H32N2O5/c1-23(24-13-26,19(27)10-15-6-4-5-7-15)12-17-20-16(8-9-25(17)2)11-18-21(22(20)28-3)30-14-29-18/h11,13,15,17H,4-10,12,14H2,1-3H3,(H,24,26)/p+1/t17-,23-/m0/s1. The minimum Gasteiger partial charge on any atom is -0.492 e. The van der Waals surface area contributed by atoms with Crippen molar-refractivity contribution in [3.63, 3.8) is 0 Å². The zero-order chi connectivity index (χ0) is 21.3. The van der Waals surface area contributed by atoms with E-state index < -0.39 is 5.54 Å². The maximum Gasteiger partial charge on any atom is 0.231 e. The first kappa shape index (κ1) is 21.0. The van der Waals surface area contributed by atoms with Gasteiger partial charge in [0.25, 0.3) is 0 Å². The number of carbonyl (C=O) groups excluding carboxylic acids is 2. The SMILES string of the molecule is COc1c2c(cc3c1[C@H](C[C@](C)(NC=O)C(=O)CC1CCCC1)[NH+](C)CC3)OCO2. The first-order valence-corrected chi connectivity index (χ1v) is 11.0. The van der Waals surface area contributed by atoms with Gasteiger partial charge >= 0.3 is 0 Å². The third-order valence-electron chi connectivity index (χ3n) is 7.23. The number of nitrogens with one attached hydrogen (secondary N) is 2. The van der Waals surface area contributed by atoms with Gasteiger partial charge in [-0.25, -0.2) is 0 Å². The lowest BCUT2D eigenvalue weighted by molar-refractivity contribution is -0.915. The molecule has 1 aromatic rings. The van der Waals surface area contributed by atoms with E-state index in [1.807, 2.05) is 13.0 Å². The molecule has 0 saturated heterocycles. The van der Waals surface area contributed by atoms with E-state index in [0.29, 0.717) is 36.7 Å². The average Bonchev–Trinajstić information content (AvgIpc) is 3.40. The van der Waals surface area contributed by atoms with Crippen LogP contribution in [-0.2, 0) is 16.0 Å². The van der Waals surface area contributed by atoms with Crippen molar-refractivity contribution in [2.24, 2.45) is 5.92 Å². The highest BCUT2D eigenvalue weighted by Gasteiger charge is 2.44. The van der Waals surface area contributed by atoms with Crippen LogP contribution in [0.25, 0.3) is 0 Å². The molecule has 2 aliphatic heterocycles. The molecule has 1 amide bonds. The van der Waals surface area contributed by atoms with Crippen molar-refractivity contribution < 1.29 is 28.7 Å². The van der Waals surface area contributed by atoms with Gasteiger partial charge in [-0.15, -0.1) is 0 Å². The van der Waals surface area contributed by atoms with Crippen LogP contribution >= 0.6 is 0 Å². The van der Waals surface area contributed by atoms with Crippen LogP contribution in [0.2, 0.25) is 0 Å². The molecule has 1 aromatic carbocycles. The zero-order valence-electron chi connectivity index (χ0n) is 18.2. The topological polar surface area (TPSA) is 78.3 Å². The molecule has 0 radical (unpaired) electrons. The number of ketones is 1. The number of ether oxygens (including phenoxy) is 3. The van der Waals surface area contributed by atoms with Gasteiger partial charge in [-0.3, -0.25) is 9.59 Å². The van der Waals surface area contributed by atoms with E-state index >= 15 is 0 Å². The molecule has 0 bridgehead atoms. The van der Waals surface area contributed by atoms with Crippen LogP contribution < -0.4 is 24.4 Å². The van der Waals surface area contributed by atoms with Crippen molar-refractivity contribution in [2.75, 3.05) is 27.5 Å². The summed E-state index contributed by atoms with van der Waals surface area (Å²) in [4.78, 5) is 26.1. The minimum atomic E-state index is -0.910. The van der Waals surface area contributed by atoms with E-state index in [1.165, 1.54) is 23.3 Å². The monoisotopic (exact) mass is 417 g/mol. The van der Waals surface area contributed by atoms with Gasteiger partial charge in [0.2, 0.25) is 19.0 Å². The fourth-order valence-electron chi connectivity index (χ4n) is 5.39. The highest BCUT2D eigenvalue weighted by molar-refractivity contribution is 5.90. The fourth-order valence-corrected chi connectivity index (χ4v) is 5.39. The van der Waals surface area contributed by atoms with Gasteiger partial charge in [0.15, 0.2) is 17.3 Å². The molecule has 2 heterocycles. The predicted molar refractivity (Wildman–Crippen MR) is 111 cm³/mol. The summed E-state index contributed by atoms with van der Waals surface area (Å²) < 4.78 is 17.1. The molecule has 1 fully saturated rings. The molecular weight excluding hydrogens is 384 g/mol. The second-order valence-electron chi connectivity index (χ2n) is 9.19. The van der Waals surface area contributed by atoms with E-state index in [2.05, 4.69) is 12.4 Å². The maximum atomic E-state index is 13.3. The molecule has 4 rings (SSSR count). The highest BCUT2D eigenvalue weighted by atomic mass is 16.7. The molecule has 3 aliphatic rings. The molecule has 1 aliphatic carbocycles. The Hall–Kier alpha value is -2.28. The number of hydrogen-bond donors (Lipinski definition) is 2. The van der Waals surface area contributed by atoms with Gasteiger partial charge in [-0.1, -0.05) is 25.7 Å². The second-order valence-corrected chi connectivity index (χ2v) is 9.19. The van der Waals surface area contributed by atoms with Crippen molar-refractivity contribution in [1.82, 2.24) is 5.32 Å². The number of benzene rings is 1. The van der Waals surface area contributed by atoms with Crippen molar-refractivity contribution in [3.8, 4) is 17.2 Å². The second kappa shape index (κ2) is 8.46. The van der Waals surface area contributed by atoms with Crippen LogP contribution in [0.5, 0.6) is 17.2 Å². The number of amides is 1. The van der Waals surface area contributed by atoms with E-state index in [9.17, 15) is 9.59 Å². The number of quaternary nitrogens is 1. The summed E-state index contributed by atoms with van der Waals surface area (Å²) in [5, 5.41) is 2.88. The van der Waals surface area contributed by atoms with E-state index in [0.717, 1.165) is 37.1 Å². The normalized spacial score (nSPS) is 24.8. The highest BCUT2D eigenvalue weighted by Crippen LogP contribution is 2.48. The Labute approximate surface area is 178 Å². The molecule has 0 aromatic heterocycles. The van der Waals surface area contributed by atoms with Crippen molar-refractivity contribution in [2.45, 2.75) is 63.5 Å².